The highest BCUT2D eigenvalue weighted by Gasteiger charge is 2.35. The molecule has 3 rings (SSSR count). The molecule has 0 N–H and O–H groups in total. The molecule has 2 heterocycles. The second-order valence-electron chi connectivity index (χ2n) is 6.23. The Bertz CT molecular complexity index is 842. The fourth-order valence-corrected chi connectivity index (χ4v) is 2.95. The molecule has 5 nitrogen and oxygen atoms in total. The fraction of sp³-hybridized carbons (Fsp3) is 0.294. The monoisotopic (exact) mass is 376 g/mol. The van der Waals surface area contributed by atoms with Crippen LogP contribution in [0.2, 0.25) is 0 Å². The molecular formula is C17H17BrN2O3. The first-order valence-electron chi connectivity index (χ1n) is 7.24. The Morgan fingerprint density at radius 3 is 2.70 bits per heavy atom. The molecule has 0 bridgehead atoms. The third kappa shape index (κ3) is 3.03. The lowest BCUT2D eigenvalue weighted by atomic mass is 10.0. The van der Waals surface area contributed by atoms with E-state index < -0.39 is 5.60 Å². The van der Waals surface area contributed by atoms with Gasteiger partial charge in [-0.15, -0.1) is 0 Å². The van der Waals surface area contributed by atoms with Gasteiger partial charge in [-0.1, -0.05) is 15.9 Å². The molecular weight excluding hydrogens is 360 g/mol. The number of anilines is 1. The summed E-state index contributed by atoms with van der Waals surface area (Å²) in [6.07, 6.45) is 1.60. The molecule has 2 aromatic rings. The number of amides is 1. The zero-order valence-electron chi connectivity index (χ0n) is 13.2. The zero-order valence-corrected chi connectivity index (χ0v) is 14.8. The molecule has 1 aromatic carbocycles. The quantitative estimate of drug-likeness (QED) is 0.768. The second kappa shape index (κ2) is 5.53. The summed E-state index contributed by atoms with van der Waals surface area (Å²) < 4.78 is 8.29. The minimum absolute atomic E-state index is 0.206. The summed E-state index contributed by atoms with van der Waals surface area (Å²) >= 11 is 3.42. The van der Waals surface area contributed by atoms with E-state index in [0.717, 1.165) is 4.47 Å². The first kappa shape index (κ1) is 15.8. The molecule has 0 spiro atoms. The van der Waals surface area contributed by atoms with E-state index in [0.29, 0.717) is 23.5 Å². The van der Waals surface area contributed by atoms with Gasteiger partial charge < -0.3 is 14.2 Å². The summed E-state index contributed by atoms with van der Waals surface area (Å²) in [6.45, 7) is 4.28. The van der Waals surface area contributed by atoms with Crippen molar-refractivity contribution in [1.29, 1.82) is 0 Å². The topological polar surface area (TPSA) is 51.5 Å². The van der Waals surface area contributed by atoms with Crippen LogP contribution in [0.4, 0.5) is 5.69 Å². The third-order valence-electron chi connectivity index (χ3n) is 3.73. The highest BCUT2D eigenvalue weighted by Crippen LogP contribution is 2.39. The van der Waals surface area contributed by atoms with Crippen molar-refractivity contribution in [3.05, 3.63) is 56.9 Å². The molecule has 23 heavy (non-hydrogen) atoms. The van der Waals surface area contributed by atoms with Gasteiger partial charge in [-0.05, 0) is 38.1 Å². The van der Waals surface area contributed by atoms with E-state index in [4.69, 9.17) is 4.74 Å². The van der Waals surface area contributed by atoms with Gasteiger partial charge in [0, 0.05) is 29.3 Å². The van der Waals surface area contributed by atoms with Crippen molar-refractivity contribution in [1.82, 2.24) is 4.57 Å². The van der Waals surface area contributed by atoms with Crippen molar-refractivity contribution >= 4 is 27.5 Å². The number of pyridine rings is 1. The minimum atomic E-state index is -0.511. The normalized spacial score (nSPS) is 15.7. The number of fused-ring (bicyclic) bond motifs is 1. The minimum Gasteiger partial charge on any atom is -0.484 e. The van der Waals surface area contributed by atoms with Gasteiger partial charge in [0.2, 0.25) is 0 Å². The highest BCUT2D eigenvalue weighted by atomic mass is 79.9. The maximum absolute atomic E-state index is 12.9. The van der Waals surface area contributed by atoms with Gasteiger partial charge in [0.25, 0.3) is 11.5 Å². The lowest BCUT2D eigenvalue weighted by Gasteiger charge is -2.39. The number of carbonyl (C=O) groups is 1. The van der Waals surface area contributed by atoms with Crippen LogP contribution in [0.5, 0.6) is 5.75 Å². The summed E-state index contributed by atoms with van der Waals surface area (Å²) in [4.78, 5) is 26.4. The number of hydrogen-bond donors (Lipinski definition) is 0. The van der Waals surface area contributed by atoms with Gasteiger partial charge in [0.1, 0.15) is 11.4 Å². The summed E-state index contributed by atoms with van der Waals surface area (Å²) in [5, 5.41) is 0. The highest BCUT2D eigenvalue weighted by molar-refractivity contribution is 9.10. The fourth-order valence-electron chi connectivity index (χ4n) is 2.61. The molecule has 1 aliphatic rings. The molecule has 1 amide bonds. The number of benzene rings is 1. The SMILES string of the molecule is Cn1ccc(C(=O)N2CC(C)(C)Oc3cc(Br)ccc32)cc1=O. The van der Waals surface area contributed by atoms with E-state index in [9.17, 15) is 9.59 Å². The second-order valence-corrected chi connectivity index (χ2v) is 7.15. The van der Waals surface area contributed by atoms with Gasteiger partial charge in [-0.2, -0.15) is 0 Å². The van der Waals surface area contributed by atoms with Crippen LogP contribution in [0.15, 0.2) is 45.8 Å². The van der Waals surface area contributed by atoms with Crippen LogP contribution in [-0.2, 0) is 7.05 Å². The standard InChI is InChI=1S/C17H17BrN2O3/c1-17(2)10-20(13-5-4-12(18)9-14(13)23-17)16(22)11-6-7-19(3)15(21)8-11/h4-9H,10H2,1-3H3. The van der Waals surface area contributed by atoms with Crippen molar-refractivity contribution in [2.75, 3.05) is 11.4 Å². The molecule has 0 unspecified atom stereocenters. The molecule has 0 saturated heterocycles. The Balaban J connectivity index is 2.06. The smallest absolute Gasteiger partial charge is 0.258 e. The van der Waals surface area contributed by atoms with Gasteiger partial charge in [-0.25, -0.2) is 0 Å². The number of hydrogen-bond acceptors (Lipinski definition) is 3. The van der Waals surface area contributed by atoms with E-state index in [-0.39, 0.29) is 11.5 Å². The first-order valence-corrected chi connectivity index (χ1v) is 8.03. The van der Waals surface area contributed by atoms with Gasteiger partial charge in [0.05, 0.1) is 12.2 Å². The molecule has 6 heteroatoms. The molecule has 0 fully saturated rings. The lowest BCUT2D eigenvalue weighted by molar-refractivity contribution is 0.0836. The van der Waals surface area contributed by atoms with Gasteiger partial charge in [-0.3, -0.25) is 9.59 Å². The van der Waals surface area contributed by atoms with Crippen molar-refractivity contribution in [2.45, 2.75) is 19.4 Å². The molecule has 0 saturated carbocycles. The maximum atomic E-state index is 12.9. The Morgan fingerprint density at radius 1 is 1.26 bits per heavy atom. The Labute approximate surface area is 142 Å². The summed E-state index contributed by atoms with van der Waals surface area (Å²) in [6, 6.07) is 8.58. The van der Waals surface area contributed by atoms with E-state index >= 15 is 0 Å². The number of halogens is 1. The van der Waals surface area contributed by atoms with E-state index in [1.54, 1.807) is 24.2 Å². The van der Waals surface area contributed by atoms with Crippen LogP contribution in [0.25, 0.3) is 0 Å². The average Bonchev–Trinajstić information content (AvgIpc) is 2.47. The molecule has 0 radical (unpaired) electrons. The lowest BCUT2D eigenvalue weighted by Crippen LogP contribution is -2.49. The molecule has 0 aliphatic carbocycles. The number of nitrogens with zero attached hydrogens (tertiary/aromatic N) is 2. The average molecular weight is 377 g/mol. The predicted octanol–water partition coefficient (Wildman–Crippen LogP) is 2.97. The van der Waals surface area contributed by atoms with Crippen molar-refractivity contribution in [3.8, 4) is 5.75 Å². The number of aryl methyl sites for hydroxylation is 1. The number of ether oxygens (including phenoxy) is 1. The van der Waals surface area contributed by atoms with Crippen LogP contribution < -0.4 is 15.2 Å². The summed E-state index contributed by atoms with van der Waals surface area (Å²) in [7, 11) is 1.65. The number of rotatable bonds is 1. The van der Waals surface area contributed by atoms with E-state index in [1.807, 2.05) is 32.0 Å². The Kier molecular flexibility index (Phi) is 3.80. The van der Waals surface area contributed by atoms with Crippen LogP contribution in [-0.4, -0.2) is 22.6 Å². The maximum Gasteiger partial charge on any atom is 0.258 e. The number of aromatic nitrogens is 1. The summed E-state index contributed by atoms with van der Waals surface area (Å²) in [5.41, 5.74) is 0.362. The molecule has 0 atom stereocenters. The Hall–Kier alpha value is -2.08. The van der Waals surface area contributed by atoms with Crippen molar-refractivity contribution in [2.24, 2.45) is 7.05 Å². The van der Waals surface area contributed by atoms with E-state index in [2.05, 4.69) is 15.9 Å². The first-order chi connectivity index (χ1) is 10.8. The van der Waals surface area contributed by atoms with Gasteiger partial charge >= 0.3 is 0 Å². The van der Waals surface area contributed by atoms with E-state index in [1.165, 1.54) is 10.6 Å². The van der Waals surface area contributed by atoms with Gasteiger partial charge in [0.15, 0.2) is 0 Å². The van der Waals surface area contributed by atoms with Crippen LogP contribution in [0.3, 0.4) is 0 Å². The predicted molar refractivity (Wildman–Crippen MR) is 92.2 cm³/mol. The number of carbonyl (C=O) groups excluding carboxylic acids is 1. The summed E-state index contributed by atoms with van der Waals surface area (Å²) in [5.74, 6) is 0.440. The van der Waals surface area contributed by atoms with Crippen LogP contribution in [0, 0.1) is 0 Å². The largest absolute Gasteiger partial charge is 0.484 e. The van der Waals surface area contributed by atoms with Crippen molar-refractivity contribution < 1.29 is 9.53 Å². The Morgan fingerprint density at radius 2 is 2.00 bits per heavy atom. The van der Waals surface area contributed by atoms with Crippen LogP contribution >= 0.6 is 15.9 Å². The molecule has 120 valence electrons. The molecule has 1 aromatic heterocycles. The van der Waals surface area contributed by atoms with Crippen molar-refractivity contribution in [3.63, 3.8) is 0 Å². The zero-order chi connectivity index (χ0) is 16.8. The van der Waals surface area contributed by atoms with Crippen LogP contribution in [0.1, 0.15) is 24.2 Å². The third-order valence-corrected chi connectivity index (χ3v) is 4.23. The molecule has 1 aliphatic heterocycles.